The van der Waals surface area contributed by atoms with Crippen LogP contribution in [0.4, 0.5) is 17.1 Å². The van der Waals surface area contributed by atoms with Gasteiger partial charge in [0, 0.05) is 25.7 Å². The molecule has 0 aliphatic carbocycles. The van der Waals surface area contributed by atoms with E-state index in [0.717, 1.165) is 26.0 Å². The molecule has 25 heavy (non-hydrogen) atoms. The van der Waals surface area contributed by atoms with Crippen LogP contribution in [-0.2, 0) is 0 Å². The van der Waals surface area contributed by atoms with Gasteiger partial charge in [-0.05, 0) is 41.8 Å². The van der Waals surface area contributed by atoms with Crippen molar-refractivity contribution in [1.29, 1.82) is 0 Å². The molecular formula is C22H15Br2N. The zero-order valence-electron chi connectivity index (χ0n) is 13.4. The van der Waals surface area contributed by atoms with Crippen molar-refractivity contribution in [3.8, 4) is 0 Å². The zero-order chi connectivity index (χ0) is 17.2. The Bertz CT molecular complexity index is 1000. The average molecular weight is 453 g/mol. The first-order valence-corrected chi connectivity index (χ1v) is 9.60. The molecule has 0 fully saturated rings. The van der Waals surface area contributed by atoms with Crippen molar-refractivity contribution in [1.82, 2.24) is 0 Å². The number of benzene rings is 4. The zero-order valence-corrected chi connectivity index (χ0v) is 16.5. The highest BCUT2D eigenvalue weighted by atomic mass is 79.9. The molecule has 0 aliphatic heterocycles. The molecule has 0 spiro atoms. The number of halogens is 2. The van der Waals surface area contributed by atoms with E-state index in [-0.39, 0.29) is 0 Å². The van der Waals surface area contributed by atoms with Gasteiger partial charge < -0.3 is 4.90 Å². The molecule has 0 aliphatic rings. The van der Waals surface area contributed by atoms with E-state index >= 15 is 0 Å². The molecule has 0 N–H and O–H groups in total. The van der Waals surface area contributed by atoms with Crippen LogP contribution in [0.1, 0.15) is 0 Å². The SMILES string of the molecule is Brc1cc(Br)cc(N(c2ccccc2)c2cccc3ccccc23)c1. The summed E-state index contributed by atoms with van der Waals surface area (Å²) in [5.74, 6) is 0. The van der Waals surface area contributed by atoms with Crippen LogP contribution in [0, 0.1) is 0 Å². The molecule has 0 aromatic heterocycles. The number of nitrogens with zero attached hydrogens (tertiary/aromatic N) is 1. The molecule has 122 valence electrons. The van der Waals surface area contributed by atoms with E-state index in [1.165, 1.54) is 10.8 Å². The summed E-state index contributed by atoms with van der Waals surface area (Å²) in [4.78, 5) is 2.29. The Morgan fingerprint density at radius 2 is 1.20 bits per heavy atom. The van der Waals surface area contributed by atoms with Gasteiger partial charge in [-0.25, -0.2) is 0 Å². The van der Waals surface area contributed by atoms with Crippen LogP contribution in [0.25, 0.3) is 10.8 Å². The molecule has 0 saturated heterocycles. The second-order valence-electron chi connectivity index (χ2n) is 5.80. The first kappa shape index (κ1) is 16.4. The van der Waals surface area contributed by atoms with E-state index in [1.54, 1.807) is 0 Å². The Kier molecular flexibility index (Phi) is 4.60. The summed E-state index contributed by atoms with van der Waals surface area (Å²) in [5, 5.41) is 2.46. The van der Waals surface area contributed by atoms with Crippen molar-refractivity contribution >= 4 is 59.7 Å². The minimum absolute atomic E-state index is 1.04. The van der Waals surface area contributed by atoms with E-state index < -0.39 is 0 Å². The molecule has 4 aromatic rings. The van der Waals surface area contributed by atoms with Gasteiger partial charge in [0.1, 0.15) is 0 Å². The van der Waals surface area contributed by atoms with Crippen molar-refractivity contribution in [3.63, 3.8) is 0 Å². The van der Waals surface area contributed by atoms with Gasteiger partial charge in [0.15, 0.2) is 0 Å². The summed E-state index contributed by atoms with van der Waals surface area (Å²) in [6.07, 6.45) is 0. The van der Waals surface area contributed by atoms with Gasteiger partial charge >= 0.3 is 0 Å². The quantitative estimate of drug-likeness (QED) is 0.306. The molecule has 0 heterocycles. The van der Waals surface area contributed by atoms with Crippen molar-refractivity contribution in [2.45, 2.75) is 0 Å². The fourth-order valence-electron chi connectivity index (χ4n) is 3.08. The van der Waals surface area contributed by atoms with Gasteiger partial charge in [0.05, 0.1) is 5.69 Å². The van der Waals surface area contributed by atoms with Crippen LogP contribution >= 0.6 is 31.9 Å². The third-order valence-electron chi connectivity index (χ3n) is 4.13. The molecule has 0 saturated carbocycles. The number of hydrogen-bond acceptors (Lipinski definition) is 1. The maximum absolute atomic E-state index is 3.62. The lowest BCUT2D eigenvalue weighted by Gasteiger charge is -2.27. The molecule has 0 atom stereocenters. The van der Waals surface area contributed by atoms with Gasteiger partial charge in [-0.2, -0.15) is 0 Å². The fourth-order valence-corrected chi connectivity index (χ4v) is 4.35. The number of fused-ring (bicyclic) bond motifs is 1. The summed E-state index contributed by atoms with van der Waals surface area (Å²) in [6, 6.07) is 31.7. The summed E-state index contributed by atoms with van der Waals surface area (Å²) in [5.41, 5.74) is 3.39. The predicted molar refractivity (Wildman–Crippen MR) is 114 cm³/mol. The minimum atomic E-state index is 1.04. The monoisotopic (exact) mass is 451 g/mol. The number of hydrogen-bond donors (Lipinski definition) is 0. The van der Waals surface area contributed by atoms with Gasteiger partial charge in [-0.1, -0.05) is 86.5 Å². The summed E-state index contributed by atoms with van der Waals surface area (Å²) < 4.78 is 2.08. The van der Waals surface area contributed by atoms with Crippen molar-refractivity contribution in [2.24, 2.45) is 0 Å². The highest BCUT2D eigenvalue weighted by Gasteiger charge is 2.15. The molecule has 3 heteroatoms. The molecule has 0 unspecified atom stereocenters. The van der Waals surface area contributed by atoms with Crippen LogP contribution in [0.3, 0.4) is 0 Å². The summed E-state index contributed by atoms with van der Waals surface area (Å²) >= 11 is 7.24. The topological polar surface area (TPSA) is 3.24 Å². The second kappa shape index (κ2) is 7.03. The van der Waals surface area contributed by atoms with Crippen LogP contribution in [-0.4, -0.2) is 0 Å². The van der Waals surface area contributed by atoms with E-state index in [0.29, 0.717) is 0 Å². The van der Waals surface area contributed by atoms with Gasteiger partial charge in [-0.15, -0.1) is 0 Å². The van der Waals surface area contributed by atoms with E-state index in [1.807, 2.05) is 6.07 Å². The van der Waals surface area contributed by atoms with E-state index in [4.69, 9.17) is 0 Å². The van der Waals surface area contributed by atoms with Crippen molar-refractivity contribution < 1.29 is 0 Å². The van der Waals surface area contributed by atoms with Crippen LogP contribution < -0.4 is 4.90 Å². The number of anilines is 3. The standard InChI is InChI=1S/C22H15Br2N/c23-17-13-18(24)15-20(14-17)25(19-9-2-1-3-10-19)22-12-6-8-16-7-4-5-11-21(16)22/h1-15H. The number of rotatable bonds is 3. The van der Waals surface area contributed by atoms with Crippen molar-refractivity contribution in [2.75, 3.05) is 4.90 Å². The normalized spacial score (nSPS) is 10.8. The predicted octanol–water partition coefficient (Wildman–Crippen LogP) is 7.83. The summed E-state index contributed by atoms with van der Waals surface area (Å²) in [7, 11) is 0. The van der Waals surface area contributed by atoms with E-state index in [2.05, 4.69) is 122 Å². The van der Waals surface area contributed by atoms with Gasteiger partial charge in [-0.3, -0.25) is 0 Å². The largest absolute Gasteiger partial charge is 0.310 e. The maximum atomic E-state index is 3.62. The van der Waals surface area contributed by atoms with Crippen LogP contribution in [0.5, 0.6) is 0 Å². The Morgan fingerprint density at radius 1 is 0.560 bits per heavy atom. The lowest BCUT2D eigenvalue weighted by molar-refractivity contribution is 1.29. The highest BCUT2D eigenvalue weighted by molar-refractivity contribution is 9.11. The lowest BCUT2D eigenvalue weighted by Crippen LogP contribution is -2.10. The Balaban J connectivity index is 2.00. The second-order valence-corrected chi connectivity index (χ2v) is 7.63. The molecule has 1 nitrogen and oxygen atoms in total. The molecule has 0 radical (unpaired) electrons. The first-order chi connectivity index (χ1) is 12.2. The lowest BCUT2D eigenvalue weighted by atomic mass is 10.1. The van der Waals surface area contributed by atoms with Crippen LogP contribution in [0.15, 0.2) is 99.9 Å². The van der Waals surface area contributed by atoms with Gasteiger partial charge in [0.25, 0.3) is 0 Å². The molecule has 0 bridgehead atoms. The third-order valence-corrected chi connectivity index (χ3v) is 5.04. The third kappa shape index (κ3) is 3.35. The molecule has 4 aromatic carbocycles. The van der Waals surface area contributed by atoms with Crippen LogP contribution in [0.2, 0.25) is 0 Å². The summed E-state index contributed by atoms with van der Waals surface area (Å²) in [6.45, 7) is 0. The van der Waals surface area contributed by atoms with E-state index in [9.17, 15) is 0 Å². The van der Waals surface area contributed by atoms with Crippen molar-refractivity contribution in [3.05, 3.63) is 99.9 Å². The Hall–Kier alpha value is -2.10. The van der Waals surface area contributed by atoms with Gasteiger partial charge in [0.2, 0.25) is 0 Å². The Labute approximate surface area is 164 Å². The smallest absolute Gasteiger partial charge is 0.0540 e. The molecule has 4 rings (SSSR count). The molecular weight excluding hydrogens is 438 g/mol. The fraction of sp³-hybridized carbons (Fsp3) is 0. The molecule has 0 amide bonds. The maximum Gasteiger partial charge on any atom is 0.0540 e. The highest BCUT2D eigenvalue weighted by Crippen LogP contribution is 2.40. The average Bonchev–Trinajstić information content (AvgIpc) is 2.62. The first-order valence-electron chi connectivity index (χ1n) is 8.01. The Morgan fingerprint density at radius 3 is 1.96 bits per heavy atom. The number of para-hydroxylation sites is 1. The minimum Gasteiger partial charge on any atom is -0.310 e.